The first-order valence-corrected chi connectivity index (χ1v) is 7.20. The molecular weight excluding hydrogens is 344 g/mol. The van der Waals surface area contributed by atoms with Crippen LogP contribution in [0.3, 0.4) is 0 Å². The number of rotatable bonds is 3. The maximum atomic E-state index is 13.5. The molecule has 0 aliphatic carbocycles. The average molecular weight is 356 g/mol. The predicted octanol–water partition coefficient (Wildman–Crippen LogP) is 4.11. The van der Waals surface area contributed by atoms with Crippen molar-refractivity contribution in [2.24, 2.45) is 0 Å². The highest BCUT2D eigenvalue weighted by Gasteiger charge is 2.16. The maximum absolute atomic E-state index is 13.5. The third-order valence-corrected chi connectivity index (χ3v) is 3.66. The second kappa shape index (κ2) is 5.89. The van der Waals surface area contributed by atoms with Crippen LogP contribution in [-0.2, 0) is 6.54 Å². The lowest BCUT2D eigenvalue weighted by Crippen LogP contribution is -2.16. The standard InChI is InChI=1S/C15H12BrF2NO2/c16-11-5-9(6-14-15(11)21-4-3-20-14)8-19-13-2-1-10(17)7-12(13)18/h1-2,5-7,19H,3-4,8H2. The van der Waals surface area contributed by atoms with Gasteiger partial charge in [0, 0.05) is 12.6 Å². The van der Waals surface area contributed by atoms with Gasteiger partial charge in [0.05, 0.1) is 10.2 Å². The van der Waals surface area contributed by atoms with E-state index < -0.39 is 11.6 Å². The molecule has 2 aromatic carbocycles. The normalized spacial score (nSPS) is 13.1. The highest BCUT2D eigenvalue weighted by atomic mass is 79.9. The Labute approximate surface area is 129 Å². The summed E-state index contributed by atoms with van der Waals surface area (Å²) in [5.41, 5.74) is 1.15. The Bertz CT molecular complexity index is 679. The van der Waals surface area contributed by atoms with Crippen molar-refractivity contribution < 1.29 is 18.3 Å². The van der Waals surface area contributed by atoms with Crippen molar-refractivity contribution in [3.63, 3.8) is 0 Å². The van der Waals surface area contributed by atoms with Gasteiger partial charge in [-0.25, -0.2) is 8.78 Å². The molecule has 1 aliphatic heterocycles. The fraction of sp³-hybridized carbons (Fsp3) is 0.200. The van der Waals surface area contributed by atoms with Gasteiger partial charge >= 0.3 is 0 Å². The van der Waals surface area contributed by atoms with Crippen LogP contribution in [0.2, 0.25) is 0 Å². The zero-order chi connectivity index (χ0) is 14.8. The number of anilines is 1. The highest BCUT2D eigenvalue weighted by Crippen LogP contribution is 2.38. The summed E-state index contributed by atoms with van der Waals surface area (Å²) in [5.74, 6) is 0.122. The van der Waals surface area contributed by atoms with Crippen LogP contribution in [-0.4, -0.2) is 13.2 Å². The van der Waals surface area contributed by atoms with Gasteiger partial charge in [0.25, 0.3) is 0 Å². The Morgan fingerprint density at radius 1 is 1.10 bits per heavy atom. The molecule has 0 bridgehead atoms. The van der Waals surface area contributed by atoms with Gasteiger partial charge in [-0.3, -0.25) is 0 Å². The number of halogens is 3. The Balaban J connectivity index is 1.77. The van der Waals surface area contributed by atoms with Crippen LogP contribution in [0.5, 0.6) is 11.5 Å². The predicted molar refractivity (Wildman–Crippen MR) is 78.8 cm³/mol. The molecule has 6 heteroatoms. The van der Waals surface area contributed by atoms with Crippen LogP contribution in [0.25, 0.3) is 0 Å². The molecule has 1 heterocycles. The molecule has 3 rings (SSSR count). The third kappa shape index (κ3) is 3.10. The largest absolute Gasteiger partial charge is 0.486 e. The van der Waals surface area contributed by atoms with E-state index in [2.05, 4.69) is 21.2 Å². The smallest absolute Gasteiger partial charge is 0.175 e. The van der Waals surface area contributed by atoms with Gasteiger partial charge in [0.1, 0.15) is 24.8 Å². The molecule has 0 saturated heterocycles. The molecule has 0 atom stereocenters. The fourth-order valence-electron chi connectivity index (χ4n) is 2.10. The van der Waals surface area contributed by atoms with E-state index in [0.29, 0.717) is 31.3 Å². The van der Waals surface area contributed by atoms with Crippen LogP contribution in [0.15, 0.2) is 34.8 Å². The minimum absolute atomic E-state index is 0.252. The SMILES string of the molecule is Fc1ccc(NCc2cc(Br)c3c(c2)OCCO3)c(F)c1. The summed E-state index contributed by atoms with van der Waals surface area (Å²) in [6, 6.07) is 7.15. The van der Waals surface area contributed by atoms with Crippen LogP contribution in [0.4, 0.5) is 14.5 Å². The van der Waals surface area contributed by atoms with E-state index in [-0.39, 0.29) is 5.69 Å². The van der Waals surface area contributed by atoms with E-state index in [1.54, 1.807) is 0 Å². The van der Waals surface area contributed by atoms with Crippen LogP contribution in [0.1, 0.15) is 5.56 Å². The van der Waals surface area contributed by atoms with Gasteiger partial charge in [0.2, 0.25) is 0 Å². The first-order valence-electron chi connectivity index (χ1n) is 6.40. The van der Waals surface area contributed by atoms with E-state index >= 15 is 0 Å². The van der Waals surface area contributed by atoms with Crippen molar-refractivity contribution in [1.82, 2.24) is 0 Å². The Kier molecular flexibility index (Phi) is 3.96. The van der Waals surface area contributed by atoms with Crippen molar-refractivity contribution >= 4 is 21.6 Å². The molecule has 0 spiro atoms. The molecular formula is C15H12BrF2NO2. The van der Waals surface area contributed by atoms with Crippen LogP contribution in [0, 0.1) is 11.6 Å². The number of nitrogens with one attached hydrogen (secondary N) is 1. The molecule has 2 aromatic rings. The molecule has 0 amide bonds. The summed E-state index contributed by atoms with van der Waals surface area (Å²) in [7, 11) is 0. The van der Waals surface area contributed by atoms with E-state index in [1.807, 2.05) is 12.1 Å². The third-order valence-electron chi connectivity index (χ3n) is 3.07. The molecule has 0 unspecified atom stereocenters. The van der Waals surface area contributed by atoms with Crippen molar-refractivity contribution in [2.45, 2.75) is 6.54 Å². The molecule has 1 N–H and O–H groups in total. The molecule has 110 valence electrons. The molecule has 0 saturated carbocycles. The summed E-state index contributed by atoms with van der Waals surface area (Å²) in [6.45, 7) is 1.41. The van der Waals surface area contributed by atoms with E-state index in [4.69, 9.17) is 9.47 Å². The van der Waals surface area contributed by atoms with Crippen LogP contribution < -0.4 is 14.8 Å². The zero-order valence-corrected chi connectivity index (χ0v) is 12.5. The lowest BCUT2D eigenvalue weighted by Gasteiger charge is -2.20. The second-order valence-corrected chi connectivity index (χ2v) is 5.43. The van der Waals surface area contributed by atoms with Gasteiger partial charge < -0.3 is 14.8 Å². The van der Waals surface area contributed by atoms with Gasteiger partial charge in [-0.15, -0.1) is 0 Å². The molecule has 21 heavy (non-hydrogen) atoms. The number of hydrogen-bond acceptors (Lipinski definition) is 3. The van der Waals surface area contributed by atoms with Crippen molar-refractivity contribution in [3.05, 3.63) is 52.0 Å². The minimum Gasteiger partial charge on any atom is -0.486 e. The van der Waals surface area contributed by atoms with E-state index in [1.165, 1.54) is 12.1 Å². The van der Waals surface area contributed by atoms with Gasteiger partial charge in [-0.05, 0) is 45.8 Å². The zero-order valence-electron chi connectivity index (χ0n) is 11.0. The summed E-state index contributed by atoms with van der Waals surface area (Å²) in [6.07, 6.45) is 0. The molecule has 0 aromatic heterocycles. The quantitative estimate of drug-likeness (QED) is 0.898. The van der Waals surface area contributed by atoms with E-state index in [9.17, 15) is 8.78 Å². The Hall–Kier alpha value is -1.82. The number of ether oxygens (including phenoxy) is 2. The first kappa shape index (κ1) is 14.1. The maximum Gasteiger partial charge on any atom is 0.175 e. The number of hydrogen-bond donors (Lipinski definition) is 1. The fourth-order valence-corrected chi connectivity index (χ4v) is 2.70. The molecule has 0 fully saturated rings. The summed E-state index contributed by atoms with van der Waals surface area (Å²) < 4.78 is 38.2. The second-order valence-electron chi connectivity index (χ2n) is 4.58. The highest BCUT2D eigenvalue weighted by molar-refractivity contribution is 9.10. The van der Waals surface area contributed by atoms with Crippen molar-refractivity contribution in [2.75, 3.05) is 18.5 Å². The first-order chi connectivity index (χ1) is 10.1. The average Bonchev–Trinajstić information content (AvgIpc) is 2.46. The summed E-state index contributed by atoms with van der Waals surface area (Å²) in [5, 5.41) is 2.93. The van der Waals surface area contributed by atoms with Gasteiger partial charge in [0.15, 0.2) is 11.5 Å². The minimum atomic E-state index is -0.619. The number of benzene rings is 2. The van der Waals surface area contributed by atoms with Gasteiger partial charge in [-0.2, -0.15) is 0 Å². The topological polar surface area (TPSA) is 30.5 Å². The monoisotopic (exact) mass is 355 g/mol. The Morgan fingerprint density at radius 2 is 1.90 bits per heavy atom. The van der Waals surface area contributed by atoms with E-state index in [0.717, 1.165) is 16.1 Å². The molecule has 1 aliphatic rings. The lowest BCUT2D eigenvalue weighted by molar-refractivity contribution is 0.170. The number of fused-ring (bicyclic) bond motifs is 1. The van der Waals surface area contributed by atoms with Crippen LogP contribution >= 0.6 is 15.9 Å². The van der Waals surface area contributed by atoms with Gasteiger partial charge in [-0.1, -0.05) is 0 Å². The Morgan fingerprint density at radius 3 is 2.71 bits per heavy atom. The lowest BCUT2D eigenvalue weighted by atomic mass is 10.2. The molecule has 0 radical (unpaired) electrons. The summed E-state index contributed by atoms with van der Waals surface area (Å²) >= 11 is 3.43. The van der Waals surface area contributed by atoms with Crippen molar-refractivity contribution in [1.29, 1.82) is 0 Å². The van der Waals surface area contributed by atoms with Crippen molar-refractivity contribution in [3.8, 4) is 11.5 Å². The summed E-state index contributed by atoms with van der Waals surface area (Å²) in [4.78, 5) is 0. The molecule has 3 nitrogen and oxygen atoms in total.